The van der Waals surface area contributed by atoms with E-state index < -0.39 is 0 Å². The minimum absolute atomic E-state index is 0.127. The third-order valence-electron chi connectivity index (χ3n) is 3.29. The van der Waals surface area contributed by atoms with Crippen LogP contribution in [0.1, 0.15) is 19.4 Å². The molecule has 0 spiro atoms. The number of halogens is 1. The number of fused-ring (bicyclic) bond motifs is 1. The fourth-order valence-electron chi connectivity index (χ4n) is 2.06. The Morgan fingerprint density at radius 3 is 2.83 bits per heavy atom. The lowest BCUT2D eigenvalue weighted by molar-refractivity contribution is 0.210. The molecule has 0 aliphatic heterocycles. The van der Waals surface area contributed by atoms with Crippen molar-refractivity contribution < 1.29 is 5.11 Å². The summed E-state index contributed by atoms with van der Waals surface area (Å²) in [6.45, 7) is 5.10. The molecule has 1 heterocycles. The van der Waals surface area contributed by atoms with E-state index in [9.17, 15) is 5.11 Å². The van der Waals surface area contributed by atoms with E-state index in [1.54, 1.807) is 0 Å². The summed E-state index contributed by atoms with van der Waals surface area (Å²) in [5.41, 5.74) is 2.24. The maximum Gasteiger partial charge on any atom is 0.0587 e. The van der Waals surface area contributed by atoms with Crippen LogP contribution in [0, 0.1) is 5.92 Å². The first-order valence-corrected chi connectivity index (χ1v) is 6.59. The standard InChI is InChI=1S/C14H19ClN2O/c1-9(2)14(8-18)17-7-10-6-16-13-5-11(15)3-4-12(10)13/h3-6,9,14,16-18H,7-8H2,1-2H3/t14-/m1/s1. The molecule has 1 atom stereocenters. The topological polar surface area (TPSA) is 48.0 Å². The number of aromatic amines is 1. The van der Waals surface area contributed by atoms with E-state index in [1.807, 2.05) is 24.4 Å². The molecule has 1 aromatic heterocycles. The Balaban J connectivity index is 2.12. The van der Waals surface area contributed by atoms with Gasteiger partial charge in [0.05, 0.1) is 6.61 Å². The summed E-state index contributed by atoms with van der Waals surface area (Å²) >= 11 is 5.95. The normalized spacial score (nSPS) is 13.4. The van der Waals surface area contributed by atoms with Gasteiger partial charge in [0, 0.05) is 34.7 Å². The van der Waals surface area contributed by atoms with Crippen molar-refractivity contribution in [1.29, 1.82) is 0 Å². The van der Waals surface area contributed by atoms with Gasteiger partial charge in [0.1, 0.15) is 0 Å². The molecule has 0 amide bonds. The number of rotatable bonds is 5. The van der Waals surface area contributed by atoms with Crippen LogP contribution in [-0.4, -0.2) is 22.7 Å². The first kappa shape index (κ1) is 13.4. The first-order chi connectivity index (χ1) is 8.61. The second-order valence-electron chi connectivity index (χ2n) is 4.92. The summed E-state index contributed by atoms with van der Waals surface area (Å²) in [5.74, 6) is 0.412. The summed E-state index contributed by atoms with van der Waals surface area (Å²) < 4.78 is 0. The van der Waals surface area contributed by atoms with Crippen molar-refractivity contribution >= 4 is 22.5 Å². The van der Waals surface area contributed by atoms with Crippen molar-refractivity contribution in [3.8, 4) is 0 Å². The van der Waals surface area contributed by atoms with Crippen LogP contribution in [0.3, 0.4) is 0 Å². The predicted octanol–water partition coefficient (Wildman–Crippen LogP) is 2.93. The molecule has 4 heteroatoms. The molecule has 0 aliphatic carbocycles. The summed E-state index contributed by atoms with van der Waals surface area (Å²) in [6, 6.07) is 5.97. The molecule has 98 valence electrons. The third kappa shape index (κ3) is 2.86. The zero-order valence-electron chi connectivity index (χ0n) is 10.7. The number of hydrogen-bond donors (Lipinski definition) is 3. The quantitative estimate of drug-likeness (QED) is 0.779. The second kappa shape index (κ2) is 5.74. The van der Waals surface area contributed by atoms with Gasteiger partial charge < -0.3 is 15.4 Å². The molecular weight excluding hydrogens is 248 g/mol. The first-order valence-electron chi connectivity index (χ1n) is 6.21. The number of aromatic nitrogens is 1. The predicted molar refractivity (Wildman–Crippen MR) is 75.9 cm³/mol. The van der Waals surface area contributed by atoms with Crippen LogP contribution in [0.2, 0.25) is 5.02 Å². The molecule has 2 aromatic rings. The van der Waals surface area contributed by atoms with Gasteiger partial charge in [0.25, 0.3) is 0 Å². The van der Waals surface area contributed by atoms with Gasteiger partial charge in [-0.3, -0.25) is 0 Å². The highest BCUT2D eigenvalue weighted by atomic mass is 35.5. The van der Waals surface area contributed by atoms with Crippen molar-refractivity contribution in [3.63, 3.8) is 0 Å². The second-order valence-corrected chi connectivity index (χ2v) is 5.35. The van der Waals surface area contributed by atoms with E-state index in [4.69, 9.17) is 11.6 Å². The lowest BCUT2D eigenvalue weighted by Gasteiger charge is -2.19. The SMILES string of the molecule is CC(C)[C@@H](CO)NCc1c[nH]c2cc(Cl)ccc12. The third-order valence-corrected chi connectivity index (χ3v) is 3.52. The molecule has 0 radical (unpaired) electrons. The molecule has 3 N–H and O–H groups in total. The monoisotopic (exact) mass is 266 g/mol. The van der Waals surface area contributed by atoms with E-state index in [-0.39, 0.29) is 12.6 Å². The average Bonchev–Trinajstić information content (AvgIpc) is 2.72. The average molecular weight is 267 g/mol. The Morgan fingerprint density at radius 1 is 1.39 bits per heavy atom. The van der Waals surface area contributed by atoms with E-state index >= 15 is 0 Å². The van der Waals surface area contributed by atoms with E-state index in [1.165, 1.54) is 10.9 Å². The Bertz CT molecular complexity index is 521. The zero-order chi connectivity index (χ0) is 13.1. The van der Waals surface area contributed by atoms with Crippen LogP contribution in [0.4, 0.5) is 0 Å². The molecule has 2 rings (SSSR count). The van der Waals surface area contributed by atoms with Gasteiger partial charge in [0.2, 0.25) is 0 Å². The van der Waals surface area contributed by atoms with E-state index in [2.05, 4.69) is 24.1 Å². The van der Waals surface area contributed by atoms with Gasteiger partial charge >= 0.3 is 0 Å². The lowest BCUT2D eigenvalue weighted by Crippen LogP contribution is -2.36. The lowest BCUT2D eigenvalue weighted by atomic mass is 10.0. The van der Waals surface area contributed by atoms with Gasteiger partial charge in [-0.15, -0.1) is 0 Å². The van der Waals surface area contributed by atoms with Crippen LogP contribution in [-0.2, 0) is 6.54 Å². The number of nitrogens with one attached hydrogen (secondary N) is 2. The fourth-order valence-corrected chi connectivity index (χ4v) is 2.23. The Morgan fingerprint density at radius 2 is 2.17 bits per heavy atom. The Hall–Kier alpha value is -1.03. The molecule has 0 bridgehead atoms. The Kier molecular flexibility index (Phi) is 4.27. The highest BCUT2D eigenvalue weighted by Crippen LogP contribution is 2.22. The van der Waals surface area contributed by atoms with Gasteiger partial charge in [0.15, 0.2) is 0 Å². The van der Waals surface area contributed by atoms with Gasteiger partial charge in [-0.2, -0.15) is 0 Å². The maximum absolute atomic E-state index is 9.29. The molecule has 0 fully saturated rings. The molecule has 18 heavy (non-hydrogen) atoms. The Labute approximate surface area is 112 Å². The zero-order valence-corrected chi connectivity index (χ0v) is 11.5. The van der Waals surface area contributed by atoms with Crippen LogP contribution in [0.25, 0.3) is 10.9 Å². The van der Waals surface area contributed by atoms with Crippen LogP contribution in [0.15, 0.2) is 24.4 Å². The van der Waals surface area contributed by atoms with Crippen molar-refractivity contribution in [1.82, 2.24) is 10.3 Å². The van der Waals surface area contributed by atoms with Crippen LogP contribution in [0.5, 0.6) is 0 Å². The van der Waals surface area contributed by atoms with Gasteiger partial charge in [-0.25, -0.2) is 0 Å². The highest BCUT2D eigenvalue weighted by Gasteiger charge is 2.12. The molecular formula is C14H19ClN2O. The van der Waals surface area contributed by atoms with E-state index in [0.29, 0.717) is 5.92 Å². The number of aliphatic hydroxyl groups excluding tert-OH is 1. The molecule has 0 saturated heterocycles. The van der Waals surface area contributed by atoms with Crippen molar-refractivity contribution in [2.45, 2.75) is 26.4 Å². The van der Waals surface area contributed by atoms with Crippen molar-refractivity contribution in [3.05, 3.63) is 35.0 Å². The molecule has 1 aromatic carbocycles. The largest absolute Gasteiger partial charge is 0.395 e. The van der Waals surface area contributed by atoms with Gasteiger partial charge in [-0.1, -0.05) is 31.5 Å². The summed E-state index contributed by atoms with van der Waals surface area (Å²) in [5, 5.41) is 14.6. The van der Waals surface area contributed by atoms with Crippen molar-refractivity contribution in [2.75, 3.05) is 6.61 Å². The number of H-pyrrole nitrogens is 1. The summed E-state index contributed by atoms with van der Waals surface area (Å²) in [6.07, 6.45) is 1.99. The van der Waals surface area contributed by atoms with Crippen LogP contribution >= 0.6 is 11.6 Å². The number of aliphatic hydroxyl groups is 1. The minimum atomic E-state index is 0.127. The minimum Gasteiger partial charge on any atom is -0.395 e. The molecule has 0 saturated carbocycles. The summed E-state index contributed by atoms with van der Waals surface area (Å²) in [7, 11) is 0. The van der Waals surface area contributed by atoms with Gasteiger partial charge in [-0.05, 0) is 23.6 Å². The molecule has 0 unspecified atom stereocenters. The van der Waals surface area contributed by atoms with Crippen molar-refractivity contribution in [2.24, 2.45) is 5.92 Å². The number of hydrogen-bond acceptors (Lipinski definition) is 2. The van der Waals surface area contributed by atoms with Crippen LogP contribution < -0.4 is 5.32 Å². The maximum atomic E-state index is 9.29. The highest BCUT2D eigenvalue weighted by molar-refractivity contribution is 6.31. The number of benzene rings is 1. The smallest absolute Gasteiger partial charge is 0.0587 e. The molecule has 0 aliphatic rings. The fraction of sp³-hybridized carbons (Fsp3) is 0.429. The summed E-state index contributed by atoms with van der Waals surface area (Å²) in [4.78, 5) is 3.21. The van der Waals surface area contributed by atoms with E-state index in [0.717, 1.165) is 17.1 Å². The molecule has 3 nitrogen and oxygen atoms in total.